The number of halogens is 2. The Kier molecular flexibility index (Phi) is 7.11. The van der Waals surface area contributed by atoms with Crippen molar-refractivity contribution in [3.05, 3.63) is 90.6 Å². The zero-order chi connectivity index (χ0) is 27.7. The monoisotopic (exact) mass is 564 g/mol. The SMILES string of the molecule is COc1ncc(-c2ccc3nc(N)c(-c4ccccc4)c(SC)c3c2)cc1NS(=O)(=O)c1ccc(F)cc1F. The second-order valence-corrected chi connectivity index (χ2v) is 10.9. The molecule has 0 amide bonds. The fourth-order valence-electron chi connectivity index (χ4n) is 4.27. The number of hydrogen-bond donors (Lipinski definition) is 2. The predicted octanol–water partition coefficient (Wildman–Crippen LogP) is 6.36. The van der Waals surface area contributed by atoms with E-state index in [2.05, 4.69) is 14.7 Å². The number of benzene rings is 3. The van der Waals surface area contributed by atoms with E-state index in [4.69, 9.17) is 10.5 Å². The lowest BCUT2D eigenvalue weighted by Crippen LogP contribution is -2.15. The fraction of sp³-hybridized carbons (Fsp3) is 0.0714. The van der Waals surface area contributed by atoms with Gasteiger partial charge in [0.2, 0.25) is 5.88 Å². The van der Waals surface area contributed by atoms with Gasteiger partial charge in [-0.15, -0.1) is 11.8 Å². The number of hydrogen-bond acceptors (Lipinski definition) is 7. The second kappa shape index (κ2) is 10.5. The first-order chi connectivity index (χ1) is 18.7. The highest BCUT2D eigenvalue weighted by molar-refractivity contribution is 7.99. The topological polar surface area (TPSA) is 107 Å². The molecule has 39 heavy (non-hydrogen) atoms. The van der Waals surface area contributed by atoms with Crippen molar-refractivity contribution >= 4 is 44.2 Å². The Morgan fingerprint density at radius 3 is 2.41 bits per heavy atom. The number of thioether (sulfide) groups is 1. The van der Waals surface area contributed by atoms with Crippen LogP contribution in [0.15, 0.2) is 88.8 Å². The molecule has 0 aliphatic rings. The smallest absolute Gasteiger partial charge is 0.264 e. The molecule has 2 heterocycles. The van der Waals surface area contributed by atoms with Crippen LogP contribution in [0.2, 0.25) is 0 Å². The number of nitrogens with one attached hydrogen (secondary N) is 1. The van der Waals surface area contributed by atoms with Gasteiger partial charge in [0.15, 0.2) is 0 Å². The van der Waals surface area contributed by atoms with Gasteiger partial charge in [0, 0.05) is 33.7 Å². The minimum Gasteiger partial charge on any atom is -0.480 e. The normalized spacial score (nSPS) is 11.5. The van der Waals surface area contributed by atoms with Gasteiger partial charge in [-0.25, -0.2) is 27.2 Å². The summed E-state index contributed by atoms with van der Waals surface area (Å²) in [5, 5.41) is 0.861. The number of aromatic nitrogens is 2. The lowest BCUT2D eigenvalue weighted by Gasteiger charge is -2.16. The van der Waals surface area contributed by atoms with E-state index in [1.807, 2.05) is 54.8 Å². The lowest BCUT2D eigenvalue weighted by molar-refractivity contribution is 0.400. The highest BCUT2D eigenvalue weighted by Gasteiger charge is 2.23. The van der Waals surface area contributed by atoms with Gasteiger partial charge >= 0.3 is 0 Å². The van der Waals surface area contributed by atoms with Gasteiger partial charge in [-0.3, -0.25) is 4.72 Å². The number of fused-ring (bicyclic) bond motifs is 1. The molecule has 0 radical (unpaired) electrons. The summed E-state index contributed by atoms with van der Waals surface area (Å²) in [6.45, 7) is 0. The van der Waals surface area contributed by atoms with Gasteiger partial charge in [-0.2, -0.15) is 0 Å². The Hall–Kier alpha value is -4.22. The highest BCUT2D eigenvalue weighted by atomic mass is 32.2. The number of rotatable bonds is 7. The average molecular weight is 565 g/mol. The molecule has 0 bridgehead atoms. The summed E-state index contributed by atoms with van der Waals surface area (Å²) in [6.07, 6.45) is 3.50. The van der Waals surface area contributed by atoms with Gasteiger partial charge in [0.25, 0.3) is 10.0 Å². The molecule has 0 spiro atoms. The largest absolute Gasteiger partial charge is 0.480 e. The average Bonchev–Trinajstić information content (AvgIpc) is 2.92. The van der Waals surface area contributed by atoms with Crippen LogP contribution >= 0.6 is 11.8 Å². The first kappa shape index (κ1) is 26.4. The molecule has 7 nitrogen and oxygen atoms in total. The summed E-state index contributed by atoms with van der Waals surface area (Å²) in [5.74, 6) is -1.70. The molecule has 0 fully saturated rings. The third kappa shape index (κ3) is 5.10. The first-order valence-electron chi connectivity index (χ1n) is 11.6. The maximum Gasteiger partial charge on any atom is 0.264 e. The van der Waals surface area contributed by atoms with E-state index < -0.39 is 26.6 Å². The lowest BCUT2D eigenvalue weighted by atomic mass is 10.0. The Balaban J connectivity index is 1.61. The molecule has 5 aromatic rings. The van der Waals surface area contributed by atoms with Crippen molar-refractivity contribution in [3.8, 4) is 28.1 Å². The van der Waals surface area contributed by atoms with Crippen molar-refractivity contribution in [1.29, 1.82) is 0 Å². The van der Waals surface area contributed by atoms with E-state index in [1.165, 1.54) is 19.4 Å². The molecule has 198 valence electrons. The quantitative estimate of drug-likeness (QED) is 0.222. The standard InChI is InChI=1S/C28H22F2N4O3S2/c1-37-28-23(34-39(35,36)24-11-9-19(29)14-21(24)30)13-18(15-32-28)17-8-10-22-20(12-17)26(38-2)25(27(31)33-22)16-6-4-3-5-7-16/h3-15,34H,1-2H3,(H2,31,33). The van der Waals surface area contributed by atoms with E-state index in [-0.39, 0.29) is 11.6 Å². The summed E-state index contributed by atoms with van der Waals surface area (Å²) >= 11 is 1.55. The van der Waals surface area contributed by atoms with E-state index in [0.717, 1.165) is 39.1 Å². The number of methoxy groups -OCH3 is 1. The van der Waals surface area contributed by atoms with Gasteiger partial charge in [-0.1, -0.05) is 36.4 Å². The summed E-state index contributed by atoms with van der Waals surface area (Å²) in [7, 11) is -3.08. The van der Waals surface area contributed by atoms with Crippen LogP contribution in [0.25, 0.3) is 33.2 Å². The predicted molar refractivity (Wildman–Crippen MR) is 150 cm³/mol. The minimum atomic E-state index is -4.42. The molecule has 2 aromatic heterocycles. The molecule has 0 saturated heterocycles. The number of nitrogen functional groups attached to an aromatic ring is 1. The van der Waals surface area contributed by atoms with Gasteiger partial charge in [-0.05, 0) is 47.7 Å². The molecule has 0 aliphatic heterocycles. The third-order valence-electron chi connectivity index (χ3n) is 6.04. The molecule has 0 unspecified atom stereocenters. The van der Waals surface area contributed by atoms with Gasteiger partial charge < -0.3 is 10.5 Å². The fourth-order valence-corrected chi connectivity index (χ4v) is 6.18. The molecular weight excluding hydrogens is 542 g/mol. The van der Waals surface area contributed by atoms with E-state index in [0.29, 0.717) is 23.0 Å². The van der Waals surface area contributed by atoms with Crippen LogP contribution in [0.3, 0.4) is 0 Å². The van der Waals surface area contributed by atoms with Crippen molar-refractivity contribution in [1.82, 2.24) is 9.97 Å². The maximum absolute atomic E-state index is 14.3. The van der Waals surface area contributed by atoms with Crippen molar-refractivity contribution in [2.24, 2.45) is 0 Å². The van der Waals surface area contributed by atoms with Crippen molar-refractivity contribution in [3.63, 3.8) is 0 Å². The van der Waals surface area contributed by atoms with Crippen LogP contribution in [0.5, 0.6) is 5.88 Å². The summed E-state index contributed by atoms with van der Waals surface area (Å²) < 4.78 is 61.0. The molecule has 0 saturated carbocycles. The van der Waals surface area contributed by atoms with Crippen molar-refractivity contribution in [2.75, 3.05) is 23.8 Å². The molecule has 0 aliphatic carbocycles. The molecule has 3 aromatic carbocycles. The Labute approximate surface area is 228 Å². The number of nitrogens with two attached hydrogens (primary N) is 1. The molecule has 5 rings (SSSR count). The molecule has 3 N–H and O–H groups in total. The Bertz CT molecular complexity index is 1820. The molecule has 0 atom stereocenters. The zero-order valence-corrected chi connectivity index (χ0v) is 22.4. The van der Waals surface area contributed by atoms with Crippen LogP contribution < -0.4 is 15.2 Å². The van der Waals surface area contributed by atoms with Crippen molar-refractivity contribution in [2.45, 2.75) is 9.79 Å². The van der Waals surface area contributed by atoms with E-state index in [1.54, 1.807) is 11.8 Å². The molecular formula is C28H22F2N4O3S2. The molecule has 11 heteroatoms. The number of sulfonamides is 1. The number of pyridine rings is 2. The minimum absolute atomic E-state index is 0.00989. The van der Waals surface area contributed by atoms with Gasteiger partial charge in [0.1, 0.15) is 28.0 Å². The Morgan fingerprint density at radius 2 is 1.72 bits per heavy atom. The number of anilines is 2. The Morgan fingerprint density at radius 1 is 0.949 bits per heavy atom. The third-order valence-corrected chi connectivity index (χ3v) is 8.27. The highest BCUT2D eigenvalue weighted by Crippen LogP contribution is 2.41. The zero-order valence-electron chi connectivity index (χ0n) is 20.8. The summed E-state index contributed by atoms with van der Waals surface area (Å²) in [4.78, 5) is 9.10. The number of ether oxygens (including phenoxy) is 1. The van der Waals surface area contributed by atoms with E-state index >= 15 is 0 Å². The summed E-state index contributed by atoms with van der Waals surface area (Å²) in [5.41, 5.74) is 10.1. The summed E-state index contributed by atoms with van der Waals surface area (Å²) in [6, 6.07) is 19.1. The second-order valence-electron chi connectivity index (χ2n) is 8.46. The number of nitrogens with zero attached hydrogens (tertiary/aromatic N) is 2. The van der Waals surface area contributed by atoms with Gasteiger partial charge in [0.05, 0.1) is 12.6 Å². The van der Waals surface area contributed by atoms with Crippen LogP contribution in [0, 0.1) is 11.6 Å². The van der Waals surface area contributed by atoms with Crippen LogP contribution in [0.4, 0.5) is 20.3 Å². The van der Waals surface area contributed by atoms with Crippen molar-refractivity contribution < 1.29 is 21.9 Å². The first-order valence-corrected chi connectivity index (χ1v) is 14.3. The maximum atomic E-state index is 14.3. The van der Waals surface area contributed by atoms with E-state index in [9.17, 15) is 17.2 Å². The van der Waals surface area contributed by atoms with Crippen LogP contribution in [-0.4, -0.2) is 31.8 Å². The van der Waals surface area contributed by atoms with Crippen LogP contribution in [0.1, 0.15) is 0 Å². The van der Waals surface area contributed by atoms with Crippen LogP contribution in [-0.2, 0) is 10.0 Å².